The van der Waals surface area contributed by atoms with Gasteiger partial charge < -0.3 is 8.37 Å². The maximum Gasteiger partial charge on any atom is 0.339 e. The second kappa shape index (κ2) is 9.33. The largest absolute Gasteiger partial charge is 0.378 e. The molecular formula is C24H18Br2O6S2. The van der Waals surface area contributed by atoms with Gasteiger partial charge in [-0.3, -0.25) is 0 Å². The van der Waals surface area contributed by atoms with Gasteiger partial charge in [0.15, 0.2) is 11.5 Å². The van der Waals surface area contributed by atoms with Gasteiger partial charge in [0, 0.05) is 0 Å². The zero-order valence-corrected chi connectivity index (χ0v) is 22.8. The van der Waals surface area contributed by atoms with Gasteiger partial charge in [-0.25, -0.2) is 0 Å². The van der Waals surface area contributed by atoms with E-state index in [-0.39, 0.29) is 21.3 Å². The van der Waals surface area contributed by atoms with Crippen LogP contribution in [0.3, 0.4) is 0 Å². The summed E-state index contributed by atoms with van der Waals surface area (Å²) in [6, 6.07) is 19.0. The Morgan fingerprint density at radius 1 is 0.559 bits per heavy atom. The van der Waals surface area contributed by atoms with Gasteiger partial charge in [-0.05, 0) is 105 Å². The van der Waals surface area contributed by atoms with Crippen LogP contribution in [0.2, 0.25) is 0 Å². The Labute approximate surface area is 215 Å². The second-order valence-electron chi connectivity index (χ2n) is 7.61. The molecule has 34 heavy (non-hydrogen) atoms. The highest BCUT2D eigenvalue weighted by Gasteiger charge is 2.21. The Hall–Kier alpha value is -2.40. The highest BCUT2D eigenvalue weighted by atomic mass is 79.9. The molecule has 4 aromatic carbocycles. The molecule has 0 saturated carbocycles. The molecule has 0 fully saturated rings. The molecular weight excluding hydrogens is 608 g/mol. The summed E-state index contributed by atoms with van der Waals surface area (Å²) in [5, 5.41) is 1.23. The van der Waals surface area contributed by atoms with Crippen LogP contribution in [0.1, 0.15) is 11.1 Å². The number of fused-ring (bicyclic) bond motifs is 1. The summed E-state index contributed by atoms with van der Waals surface area (Å²) in [6.45, 7) is 3.71. The summed E-state index contributed by atoms with van der Waals surface area (Å²) in [6.07, 6.45) is 0. The number of hydrogen-bond donors (Lipinski definition) is 0. The third-order valence-corrected chi connectivity index (χ3v) is 8.70. The molecule has 0 spiro atoms. The monoisotopic (exact) mass is 624 g/mol. The molecule has 10 heteroatoms. The van der Waals surface area contributed by atoms with Crippen LogP contribution in [0.4, 0.5) is 0 Å². The SMILES string of the molecule is Cc1ccc(S(=O)(=O)Oc2cc3cc(OS(=O)(=O)c4ccc(C)cc4)c(Br)cc3cc2Br)cc1. The van der Waals surface area contributed by atoms with Gasteiger partial charge in [0.05, 0.1) is 8.95 Å². The third kappa shape index (κ3) is 5.30. The average Bonchev–Trinajstić information content (AvgIpc) is 2.76. The molecule has 6 nitrogen and oxygen atoms in total. The first kappa shape index (κ1) is 24.7. The van der Waals surface area contributed by atoms with Crippen molar-refractivity contribution in [2.45, 2.75) is 23.6 Å². The minimum absolute atomic E-state index is 0.0223. The molecule has 0 aliphatic heterocycles. The second-order valence-corrected chi connectivity index (χ2v) is 12.4. The molecule has 0 aliphatic carbocycles. The van der Waals surface area contributed by atoms with Crippen molar-refractivity contribution in [1.29, 1.82) is 0 Å². The zero-order valence-electron chi connectivity index (χ0n) is 18.0. The van der Waals surface area contributed by atoms with Crippen LogP contribution in [0.5, 0.6) is 11.5 Å². The minimum atomic E-state index is -4.07. The van der Waals surface area contributed by atoms with E-state index in [0.717, 1.165) is 11.1 Å². The molecule has 4 rings (SSSR count). The van der Waals surface area contributed by atoms with E-state index in [1.54, 1.807) is 36.4 Å². The molecule has 0 aliphatic rings. The fourth-order valence-electron chi connectivity index (χ4n) is 3.12. The van der Waals surface area contributed by atoms with Crippen LogP contribution in [-0.2, 0) is 20.2 Å². The van der Waals surface area contributed by atoms with Gasteiger partial charge in [0.1, 0.15) is 9.79 Å². The Morgan fingerprint density at radius 3 is 1.24 bits per heavy atom. The first-order valence-corrected chi connectivity index (χ1v) is 14.3. The summed E-state index contributed by atoms with van der Waals surface area (Å²) >= 11 is 6.70. The third-order valence-electron chi connectivity index (χ3n) is 4.96. The van der Waals surface area contributed by atoms with Crippen molar-refractivity contribution in [3.63, 3.8) is 0 Å². The van der Waals surface area contributed by atoms with Gasteiger partial charge in [-0.1, -0.05) is 35.4 Å². The van der Waals surface area contributed by atoms with Crippen LogP contribution < -0.4 is 8.37 Å². The normalized spacial score (nSPS) is 12.0. The van der Waals surface area contributed by atoms with Gasteiger partial charge in [-0.2, -0.15) is 16.8 Å². The van der Waals surface area contributed by atoms with Crippen molar-refractivity contribution in [3.8, 4) is 11.5 Å². The van der Waals surface area contributed by atoms with Crippen LogP contribution >= 0.6 is 31.9 Å². The summed E-state index contributed by atoms with van der Waals surface area (Å²) in [4.78, 5) is 0.0447. The van der Waals surface area contributed by atoms with Crippen LogP contribution in [-0.4, -0.2) is 16.8 Å². The van der Waals surface area contributed by atoms with Crippen LogP contribution in [0.15, 0.2) is 91.5 Å². The molecule has 176 valence electrons. The maximum atomic E-state index is 12.7. The lowest BCUT2D eigenvalue weighted by molar-refractivity contribution is 0.484. The van der Waals surface area contributed by atoms with Crippen molar-refractivity contribution >= 4 is 62.9 Å². The van der Waals surface area contributed by atoms with Crippen LogP contribution in [0.25, 0.3) is 10.8 Å². The van der Waals surface area contributed by atoms with E-state index in [4.69, 9.17) is 8.37 Å². The fourth-order valence-corrected chi connectivity index (χ4v) is 6.10. The number of aryl methyl sites for hydroxylation is 2. The molecule has 0 bridgehead atoms. The number of halogens is 2. The lowest BCUT2D eigenvalue weighted by atomic mass is 10.1. The van der Waals surface area contributed by atoms with Gasteiger partial charge >= 0.3 is 20.2 Å². The Morgan fingerprint density at radius 2 is 0.882 bits per heavy atom. The molecule has 4 aromatic rings. The Bertz CT molecular complexity index is 1480. The fraction of sp³-hybridized carbons (Fsp3) is 0.0833. The highest BCUT2D eigenvalue weighted by molar-refractivity contribution is 9.11. The zero-order chi connectivity index (χ0) is 24.7. The van der Waals surface area contributed by atoms with Crippen molar-refractivity contribution < 1.29 is 25.2 Å². The van der Waals surface area contributed by atoms with E-state index in [0.29, 0.717) is 19.7 Å². The molecule has 0 saturated heterocycles. The Kier molecular flexibility index (Phi) is 6.78. The lowest BCUT2D eigenvalue weighted by Crippen LogP contribution is -2.10. The number of hydrogen-bond acceptors (Lipinski definition) is 6. The maximum absolute atomic E-state index is 12.7. The van der Waals surface area contributed by atoms with Crippen molar-refractivity contribution in [2.24, 2.45) is 0 Å². The molecule has 0 atom stereocenters. The first-order valence-electron chi connectivity index (χ1n) is 9.90. The van der Waals surface area contributed by atoms with E-state index in [1.807, 2.05) is 13.8 Å². The van der Waals surface area contributed by atoms with Crippen molar-refractivity contribution in [2.75, 3.05) is 0 Å². The summed E-state index contributed by atoms with van der Waals surface area (Å²) < 4.78 is 62.5. The highest BCUT2D eigenvalue weighted by Crippen LogP contribution is 2.38. The summed E-state index contributed by atoms with van der Waals surface area (Å²) in [5.41, 5.74) is 1.84. The Balaban J connectivity index is 1.70. The van der Waals surface area contributed by atoms with Gasteiger partial charge in [0.2, 0.25) is 0 Å². The average molecular weight is 626 g/mol. The van der Waals surface area contributed by atoms with Crippen LogP contribution in [0, 0.1) is 13.8 Å². The lowest BCUT2D eigenvalue weighted by Gasteiger charge is -2.13. The predicted molar refractivity (Wildman–Crippen MR) is 137 cm³/mol. The van der Waals surface area contributed by atoms with Gasteiger partial charge in [0.25, 0.3) is 0 Å². The number of rotatable bonds is 6. The van der Waals surface area contributed by atoms with E-state index in [1.165, 1.54) is 36.4 Å². The van der Waals surface area contributed by atoms with Crippen molar-refractivity contribution in [1.82, 2.24) is 0 Å². The summed E-state index contributed by atoms with van der Waals surface area (Å²) in [5.74, 6) is 0.116. The molecule has 0 heterocycles. The molecule has 0 unspecified atom stereocenters. The van der Waals surface area contributed by atoms with E-state index in [9.17, 15) is 16.8 Å². The molecule has 0 amide bonds. The van der Waals surface area contributed by atoms with E-state index >= 15 is 0 Å². The quantitative estimate of drug-likeness (QED) is 0.227. The van der Waals surface area contributed by atoms with E-state index < -0.39 is 20.2 Å². The molecule has 0 N–H and O–H groups in total. The smallest absolute Gasteiger partial charge is 0.339 e. The summed E-state index contributed by atoms with van der Waals surface area (Å²) in [7, 11) is -8.15. The standard InChI is InChI=1S/C24H18Br2O6S2/c1-15-3-7-19(8-4-15)33(27,28)31-23-13-18-14-24(22(26)12-17(18)11-21(23)25)32-34(29,30)20-9-5-16(2)6-10-20/h3-14H,1-2H3. The predicted octanol–water partition coefficient (Wildman–Crippen LogP) is 6.52. The van der Waals surface area contributed by atoms with Gasteiger partial charge in [-0.15, -0.1) is 0 Å². The topological polar surface area (TPSA) is 86.7 Å². The van der Waals surface area contributed by atoms with Crippen molar-refractivity contribution in [3.05, 3.63) is 92.9 Å². The first-order chi connectivity index (χ1) is 15.9. The van der Waals surface area contributed by atoms with E-state index in [2.05, 4.69) is 31.9 Å². The molecule has 0 radical (unpaired) electrons. The minimum Gasteiger partial charge on any atom is -0.378 e. The molecule has 0 aromatic heterocycles. The number of benzene rings is 4.